The smallest absolute Gasteiger partial charge is 0.230 e. The molecule has 1 heterocycles. The van der Waals surface area contributed by atoms with E-state index in [1.807, 2.05) is 37.3 Å². The lowest BCUT2D eigenvalue weighted by atomic mass is 10.2. The number of aryl methyl sites for hydroxylation is 1. The maximum Gasteiger partial charge on any atom is 0.230 e. The van der Waals surface area contributed by atoms with E-state index in [1.165, 1.54) is 5.56 Å². The molecule has 124 valence electrons. The lowest BCUT2D eigenvalue weighted by Crippen LogP contribution is -2.17. The van der Waals surface area contributed by atoms with Crippen molar-refractivity contribution in [1.82, 2.24) is 9.88 Å². The monoisotopic (exact) mass is 322 g/mol. The number of hydrogen-bond donors (Lipinski definition) is 0. The summed E-state index contributed by atoms with van der Waals surface area (Å²) in [6.45, 7) is 3.56. The van der Waals surface area contributed by atoms with Crippen molar-refractivity contribution in [2.45, 2.75) is 20.0 Å². The first-order valence-corrected chi connectivity index (χ1v) is 7.99. The van der Waals surface area contributed by atoms with Crippen molar-refractivity contribution in [3.8, 4) is 17.2 Å². The Kier molecular flexibility index (Phi) is 4.96. The highest BCUT2D eigenvalue weighted by atomic mass is 16.5. The zero-order valence-electron chi connectivity index (χ0n) is 14.3. The molecular formula is C20H22N2O2. The van der Waals surface area contributed by atoms with Crippen LogP contribution in [0, 0.1) is 6.92 Å². The molecule has 4 heteroatoms. The van der Waals surface area contributed by atoms with E-state index in [2.05, 4.69) is 41.2 Å². The Labute approximate surface area is 142 Å². The number of rotatable bonds is 6. The summed E-state index contributed by atoms with van der Waals surface area (Å²) < 4.78 is 11.3. The molecule has 0 radical (unpaired) electrons. The molecule has 1 aromatic heterocycles. The van der Waals surface area contributed by atoms with Crippen molar-refractivity contribution < 1.29 is 9.15 Å². The van der Waals surface area contributed by atoms with Crippen molar-refractivity contribution >= 4 is 0 Å². The Morgan fingerprint density at radius 2 is 1.71 bits per heavy atom. The van der Waals surface area contributed by atoms with E-state index in [9.17, 15) is 0 Å². The fourth-order valence-electron chi connectivity index (χ4n) is 2.72. The molecule has 0 aliphatic heterocycles. The molecule has 0 saturated heterocycles. The van der Waals surface area contributed by atoms with Gasteiger partial charge in [-0.05, 0) is 31.7 Å². The highest BCUT2D eigenvalue weighted by Crippen LogP contribution is 2.30. The first-order valence-electron chi connectivity index (χ1n) is 7.99. The van der Waals surface area contributed by atoms with Gasteiger partial charge in [0.05, 0.1) is 18.4 Å². The summed E-state index contributed by atoms with van der Waals surface area (Å²) in [5, 5.41) is 0. The molecule has 0 saturated carbocycles. The maximum absolute atomic E-state index is 5.88. The number of para-hydroxylation sites is 1. The van der Waals surface area contributed by atoms with Crippen LogP contribution in [0.1, 0.15) is 17.0 Å². The molecule has 0 atom stereocenters. The third-order valence-electron chi connectivity index (χ3n) is 3.95. The molecule has 2 aromatic carbocycles. The van der Waals surface area contributed by atoms with Gasteiger partial charge < -0.3 is 9.15 Å². The molecule has 24 heavy (non-hydrogen) atoms. The minimum atomic E-state index is 0.605. The van der Waals surface area contributed by atoms with E-state index in [4.69, 9.17) is 9.15 Å². The van der Waals surface area contributed by atoms with Gasteiger partial charge >= 0.3 is 0 Å². The maximum atomic E-state index is 5.88. The van der Waals surface area contributed by atoms with Crippen molar-refractivity contribution in [3.05, 3.63) is 71.6 Å². The van der Waals surface area contributed by atoms with Crippen LogP contribution >= 0.6 is 0 Å². The molecule has 0 N–H and O–H groups in total. The van der Waals surface area contributed by atoms with Gasteiger partial charge in [-0.2, -0.15) is 0 Å². The van der Waals surface area contributed by atoms with Crippen molar-refractivity contribution in [2.24, 2.45) is 0 Å². The van der Waals surface area contributed by atoms with E-state index >= 15 is 0 Å². The van der Waals surface area contributed by atoms with Gasteiger partial charge in [-0.1, -0.05) is 42.5 Å². The van der Waals surface area contributed by atoms with Crippen LogP contribution in [0.4, 0.5) is 0 Å². The second kappa shape index (κ2) is 7.32. The summed E-state index contributed by atoms with van der Waals surface area (Å²) in [6, 6.07) is 18.2. The highest BCUT2D eigenvalue weighted by molar-refractivity contribution is 5.62. The second-order valence-corrected chi connectivity index (χ2v) is 5.88. The van der Waals surface area contributed by atoms with Gasteiger partial charge in [0.15, 0.2) is 0 Å². The number of benzene rings is 2. The first kappa shape index (κ1) is 16.3. The van der Waals surface area contributed by atoms with Crippen LogP contribution in [0.25, 0.3) is 11.5 Å². The first-order chi connectivity index (χ1) is 11.7. The lowest BCUT2D eigenvalue weighted by molar-refractivity contribution is 0.313. The molecule has 3 rings (SSSR count). The second-order valence-electron chi connectivity index (χ2n) is 5.88. The zero-order chi connectivity index (χ0) is 16.9. The summed E-state index contributed by atoms with van der Waals surface area (Å²) in [4.78, 5) is 6.91. The predicted octanol–water partition coefficient (Wildman–Crippen LogP) is 4.29. The number of hydrogen-bond acceptors (Lipinski definition) is 4. The van der Waals surface area contributed by atoms with Crippen molar-refractivity contribution in [3.63, 3.8) is 0 Å². The molecular weight excluding hydrogens is 300 g/mol. The topological polar surface area (TPSA) is 38.5 Å². The Balaban J connectivity index is 1.77. The molecule has 0 aliphatic carbocycles. The average molecular weight is 322 g/mol. The quantitative estimate of drug-likeness (QED) is 0.678. The summed E-state index contributed by atoms with van der Waals surface area (Å²) in [5.74, 6) is 2.21. The Hall–Kier alpha value is -2.59. The zero-order valence-corrected chi connectivity index (χ0v) is 14.3. The minimum Gasteiger partial charge on any atom is -0.496 e. The molecule has 0 fully saturated rings. The molecule has 4 nitrogen and oxygen atoms in total. The standard InChI is InChI=1S/C20H22N2O2/c1-15-18(14-22(2)13-16-9-5-4-6-10-16)21-20(24-15)17-11-7-8-12-19(17)23-3/h4-12H,13-14H2,1-3H3. The third-order valence-corrected chi connectivity index (χ3v) is 3.95. The van der Waals surface area contributed by atoms with Gasteiger partial charge in [-0.25, -0.2) is 4.98 Å². The molecule has 0 amide bonds. The fraction of sp³-hybridized carbons (Fsp3) is 0.250. The summed E-state index contributed by atoms with van der Waals surface area (Å²) in [7, 11) is 3.74. The van der Waals surface area contributed by atoms with Crippen LogP contribution in [-0.2, 0) is 13.1 Å². The van der Waals surface area contributed by atoms with Gasteiger partial charge in [0, 0.05) is 13.1 Å². The number of oxazole rings is 1. The normalized spacial score (nSPS) is 11.0. The number of methoxy groups -OCH3 is 1. The SMILES string of the molecule is COc1ccccc1-c1nc(CN(C)Cc2ccccc2)c(C)o1. The molecule has 0 unspecified atom stereocenters. The molecule has 0 aliphatic rings. The van der Waals surface area contributed by atoms with Crippen LogP contribution < -0.4 is 4.74 Å². The van der Waals surface area contributed by atoms with Gasteiger partial charge in [0.2, 0.25) is 5.89 Å². The molecule has 0 bridgehead atoms. The van der Waals surface area contributed by atoms with Gasteiger partial charge in [0.1, 0.15) is 11.5 Å². The minimum absolute atomic E-state index is 0.605. The van der Waals surface area contributed by atoms with Crippen LogP contribution in [-0.4, -0.2) is 24.0 Å². The van der Waals surface area contributed by atoms with E-state index in [0.29, 0.717) is 5.89 Å². The lowest BCUT2D eigenvalue weighted by Gasteiger charge is -2.15. The largest absolute Gasteiger partial charge is 0.496 e. The van der Waals surface area contributed by atoms with E-state index in [-0.39, 0.29) is 0 Å². The Morgan fingerprint density at radius 1 is 1.00 bits per heavy atom. The van der Waals surface area contributed by atoms with Gasteiger partial charge in [0.25, 0.3) is 0 Å². The van der Waals surface area contributed by atoms with Gasteiger partial charge in [-0.3, -0.25) is 4.90 Å². The van der Waals surface area contributed by atoms with Gasteiger partial charge in [-0.15, -0.1) is 0 Å². The van der Waals surface area contributed by atoms with E-state index in [0.717, 1.165) is 35.9 Å². The van der Waals surface area contributed by atoms with Crippen LogP contribution in [0.3, 0.4) is 0 Å². The Morgan fingerprint density at radius 3 is 2.46 bits per heavy atom. The number of aromatic nitrogens is 1. The summed E-state index contributed by atoms with van der Waals surface area (Å²) >= 11 is 0. The number of nitrogens with zero attached hydrogens (tertiary/aromatic N) is 2. The van der Waals surface area contributed by atoms with Crippen LogP contribution in [0.15, 0.2) is 59.0 Å². The van der Waals surface area contributed by atoms with Crippen LogP contribution in [0.2, 0.25) is 0 Å². The molecule has 0 spiro atoms. The fourth-order valence-corrected chi connectivity index (χ4v) is 2.72. The third kappa shape index (κ3) is 3.66. The average Bonchev–Trinajstić information content (AvgIpc) is 2.96. The molecule has 3 aromatic rings. The summed E-state index contributed by atoms with van der Waals surface area (Å²) in [5.41, 5.74) is 3.11. The predicted molar refractivity (Wildman–Crippen MR) is 94.8 cm³/mol. The Bertz CT molecular complexity index is 796. The van der Waals surface area contributed by atoms with Crippen molar-refractivity contribution in [2.75, 3.05) is 14.2 Å². The van der Waals surface area contributed by atoms with E-state index in [1.54, 1.807) is 7.11 Å². The number of ether oxygens (including phenoxy) is 1. The highest BCUT2D eigenvalue weighted by Gasteiger charge is 2.16. The van der Waals surface area contributed by atoms with Crippen molar-refractivity contribution in [1.29, 1.82) is 0 Å². The van der Waals surface area contributed by atoms with E-state index < -0.39 is 0 Å². The summed E-state index contributed by atoms with van der Waals surface area (Å²) in [6.07, 6.45) is 0. The van der Waals surface area contributed by atoms with Crippen LogP contribution in [0.5, 0.6) is 5.75 Å².